The summed E-state index contributed by atoms with van der Waals surface area (Å²) in [6, 6.07) is 24.1. The van der Waals surface area contributed by atoms with Gasteiger partial charge in [-0.3, -0.25) is 9.78 Å². The third-order valence-corrected chi connectivity index (χ3v) is 17.5. The third kappa shape index (κ3) is 12.4. The van der Waals surface area contributed by atoms with E-state index in [1.54, 1.807) is 11.3 Å². The molecule has 0 spiro atoms. The molecule has 2 aromatic heterocycles. The molecule has 0 saturated heterocycles. The maximum Gasteiger partial charge on any atom is 0.162 e. The van der Waals surface area contributed by atoms with E-state index < -0.39 is 8.07 Å². The number of thiophene rings is 1. The van der Waals surface area contributed by atoms with Crippen LogP contribution in [0.1, 0.15) is 111 Å². The predicted molar refractivity (Wildman–Crippen MR) is 252 cm³/mol. The minimum atomic E-state index is -1.83. The number of fused-ring (bicyclic) bond motifs is 4. The molecule has 0 bridgehead atoms. The molecule has 0 aliphatic rings. The summed E-state index contributed by atoms with van der Waals surface area (Å²) in [7, 11) is -1.83. The van der Waals surface area contributed by atoms with Gasteiger partial charge in [0.15, 0.2) is 5.78 Å². The van der Waals surface area contributed by atoms with Crippen LogP contribution in [0.2, 0.25) is 18.6 Å². The van der Waals surface area contributed by atoms with Crippen molar-refractivity contribution in [2.24, 2.45) is 52.8 Å². The number of hydrogen-bond donors (Lipinski definition) is 1. The topological polar surface area (TPSA) is 63.1 Å². The van der Waals surface area contributed by atoms with Gasteiger partial charge in [-0.1, -0.05) is 164 Å². The van der Waals surface area contributed by atoms with Crippen LogP contribution in [0.4, 0.5) is 0 Å². The summed E-state index contributed by atoms with van der Waals surface area (Å²) in [5, 5.41) is 15.4. The SMILES string of the molecule is CC(C)C(C(=O)/C=C(\O)C(C(C)C)C(C)C)C(C)C.[2H]c1nc(-c2[c-]c3ccccc3c([Si](C)(CC(C)C)CC(C)C)c2)c2sc3cc(CC(C)(C)C)ccc3c2n1.[Ir]. The molecule has 1 N–H and O–H groups in total. The summed E-state index contributed by atoms with van der Waals surface area (Å²) in [4.78, 5) is 21.7. The molecule has 0 atom stereocenters. The van der Waals surface area contributed by atoms with Crippen LogP contribution in [0.3, 0.4) is 0 Å². The first-order valence-corrected chi connectivity index (χ1v) is 25.3. The molecular weight excluding hydrogens is 925 g/mol. The molecule has 5 aromatic rings. The molecule has 0 fully saturated rings. The summed E-state index contributed by atoms with van der Waals surface area (Å²) in [5.74, 6) is 2.91. The molecule has 5 rings (SSSR count). The van der Waals surface area contributed by atoms with Gasteiger partial charge < -0.3 is 5.11 Å². The van der Waals surface area contributed by atoms with Crippen LogP contribution in [0, 0.1) is 58.8 Å². The second-order valence-electron chi connectivity index (χ2n) is 20.4. The molecule has 0 amide bonds. The number of nitrogens with zero attached hydrogens (tertiary/aromatic N) is 2. The molecule has 4 nitrogen and oxygen atoms in total. The van der Waals surface area contributed by atoms with Gasteiger partial charge in [0.25, 0.3) is 0 Å². The molecular formula is C51H73IrN2O2SSi-. The minimum absolute atomic E-state index is 0. The van der Waals surface area contributed by atoms with Crippen LogP contribution in [-0.2, 0) is 31.3 Å². The van der Waals surface area contributed by atoms with E-state index in [4.69, 9.17) is 6.35 Å². The number of aliphatic hydroxyl groups is 1. The zero-order valence-corrected chi connectivity index (χ0v) is 42.6. The van der Waals surface area contributed by atoms with E-state index in [1.807, 2.05) is 0 Å². The van der Waals surface area contributed by atoms with Gasteiger partial charge in [0.1, 0.15) is 7.67 Å². The van der Waals surface area contributed by atoms with Crippen LogP contribution in [0.15, 0.2) is 66.7 Å². The van der Waals surface area contributed by atoms with Crippen molar-refractivity contribution in [3.05, 3.63) is 78.3 Å². The van der Waals surface area contributed by atoms with Crippen molar-refractivity contribution in [3.8, 4) is 11.3 Å². The van der Waals surface area contributed by atoms with Crippen molar-refractivity contribution in [2.45, 2.75) is 129 Å². The van der Waals surface area contributed by atoms with Crippen molar-refractivity contribution in [3.63, 3.8) is 0 Å². The largest absolute Gasteiger partial charge is 0.512 e. The number of aliphatic hydroxyl groups excluding tert-OH is 1. The summed E-state index contributed by atoms with van der Waals surface area (Å²) in [5.41, 5.74) is 4.30. The Morgan fingerprint density at radius 2 is 1.40 bits per heavy atom. The van der Waals surface area contributed by atoms with Crippen molar-refractivity contribution in [1.29, 1.82) is 0 Å². The fraction of sp³-hybridized carbons (Fsp3) is 0.549. The Labute approximate surface area is 371 Å². The molecule has 0 aliphatic heterocycles. The Balaban J connectivity index is 0.000000396. The third-order valence-electron chi connectivity index (χ3n) is 11.2. The smallest absolute Gasteiger partial charge is 0.162 e. The van der Waals surface area contributed by atoms with E-state index in [1.165, 1.54) is 39.0 Å². The summed E-state index contributed by atoms with van der Waals surface area (Å²) in [6.07, 6.45) is 2.58. The molecule has 319 valence electrons. The average molecular weight is 1000 g/mol. The monoisotopic (exact) mass is 999 g/mol. The minimum Gasteiger partial charge on any atom is -0.512 e. The van der Waals surface area contributed by atoms with E-state index in [0.717, 1.165) is 38.7 Å². The maximum atomic E-state index is 12.3. The predicted octanol–water partition coefficient (Wildman–Crippen LogP) is 14.5. The first-order chi connectivity index (χ1) is 26.9. The average Bonchev–Trinajstić information content (AvgIpc) is 3.42. The summed E-state index contributed by atoms with van der Waals surface area (Å²) in [6.45, 7) is 35.4. The Morgan fingerprint density at radius 3 is 1.93 bits per heavy atom. The van der Waals surface area contributed by atoms with Gasteiger partial charge >= 0.3 is 0 Å². The van der Waals surface area contributed by atoms with Crippen LogP contribution in [-0.4, -0.2) is 28.9 Å². The molecule has 2 heterocycles. The molecule has 0 aliphatic carbocycles. The quantitative estimate of drug-likeness (QED) is 0.0521. The van der Waals surface area contributed by atoms with Crippen molar-refractivity contribution >= 4 is 61.5 Å². The zero-order chi connectivity index (χ0) is 43.4. The number of allylic oxidation sites excluding steroid dienone is 2. The standard InChI is InChI=1S/C34H41N2SSi.C17H32O2.Ir/c1-22(2)19-38(8,20-23(3)4)30-17-26(16-25-11-9-10-12-27(25)30)31-33-32(36-21-35-31)28-14-13-24(15-29(28)37-33)18-34(5,6)7;1-10(2)16(11(3)4)14(18)9-15(19)17(12(5)6)13(7)8;/h9-15,17,21-23H,18-20H2,1-8H3;9-13,16-18H,1-8H3;/q-1;;/b;14-9-;/i21D;;. The Hall–Kier alpha value is -2.70. The van der Waals surface area contributed by atoms with Crippen molar-refractivity contribution in [1.82, 2.24) is 9.97 Å². The second-order valence-corrected chi connectivity index (χ2v) is 25.9. The molecule has 0 unspecified atom stereocenters. The van der Waals surface area contributed by atoms with Crippen LogP contribution in [0.5, 0.6) is 0 Å². The van der Waals surface area contributed by atoms with Crippen molar-refractivity contribution in [2.75, 3.05) is 0 Å². The zero-order valence-electron chi connectivity index (χ0n) is 39.4. The second kappa shape index (κ2) is 20.7. The van der Waals surface area contributed by atoms with E-state index >= 15 is 0 Å². The number of benzene rings is 3. The number of aromatic nitrogens is 2. The number of rotatable bonds is 14. The van der Waals surface area contributed by atoms with Gasteiger partial charge in [-0.25, -0.2) is 4.98 Å². The van der Waals surface area contributed by atoms with Crippen LogP contribution < -0.4 is 5.19 Å². The normalized spacial score (nSPS) is 13.2. The van der Waals surface area contributed by atoms with Gasteiger partial charge in [-0.05, 0) is 59.0 Å². The number of hydrogen-bond acceptors (Lipinski definition) is 5. The molecule has 0 saturated carbocycles. The van der Waals surface area contributed by atoms with E-state index in [2.05, 4.69) is 170 Å². The molecule has 58 heavy (non-hydrogen) atoms. The first-order valence-electron chi connectivity index (χ1n) is 22.0. The number of carbonyl (C=O) groups is 1. The fourth-order valence-electron chi connectivity index (χ4n) is 9.66. The van der Waals surface area contributed by atoms with Gasteiger partial charge in [0.05, 0.1) is 19.3 Å². The van der Waals surface area contributed by atoms with E-state index in [9.17, 15) is 9.90 Å². The van der Waals surface area contributed by atoms with Gasteiger partial charge in [0.2, 0.25) is 0 Å². The Bertz CT molecular complexity index is 2190. The van der Waals surface area contributed by atoms with Gasteiger partial charge in [-0.2, -0.15) is 0 Å². The summed E-state index contributed by atoms with van der Waals surface area (Å²) >= 11 is 1.76. The van der Waals surface area contributed by atoms with Crippen LogP contribution in [0.25, 0.3) is 42.3 Å². The Morgan fingerprint density at radius 1 is 0.828 bits per heavy atom. The Kier molecular flexibility index (Phi) is 17.1. The first kappa shape index (κ1) is 48.0. The number of carbonyl (C=O) groups excluding carboxylic acids is 1. The maximum absolute atomic E-state index is 12.3. The van der Waals surface area contributed by atoms with E-state index in [0.29, 0.717) is 35.5 Å². The van der Waals surface area contributed by atoms with Gasteiger partial charge in [0, 0.05) is 58.5 Å². The van der Waals surface area contributed by atoms with Crippen LogP contribution >= 0.6 is 11.3 Å². The molecule has 3 aromatic carbocycles. The summed E-state index contributed by atoms with van der Waals surface area (Å²) < 4.78 is 10.8. The fourth-order valence-corrected chi connectivity index (χ4v) is 16.4. The van der Waals surface area contributed by atoms with Gasteiger partial charge in [-0.15, -0.1) is 40.1 Å². The van der Waals surface area contributed by atoms with Crippen molar-refractivity contribution < 1.29 is 31.4 Å². The number of ketones is 1. The molecule has 1 radical (unpaired) electrons. The van der Waals surface area contributed by atoms with E-state index in [-0.39, 0.29) is 55.2 Å². The molecule has 7 heteroatoms.